The summed E-state index contributed by atoms with van der Waals surface area (Å²) in [6, 6.07) is 5.82. The fourth-order valence-corrected chi connectivity index (χ4v) is 4.49. The molecule has 0 bridgehead atoms. The lowest BCUT2D eigenvalue weighted by molar-refractivity contribution is -0.140. The Morgan fingerprint density at radius 3 is 2.40 bits per heavy atom. The van der Waals surface area contributed by atoms with Gasteiger partial charge in [0.2, 0.25) is 0 Å². The van der Waals surface area contributed by atoms with Gasteiger partial charge >= 0.3 is 6.03 Å². The number of nitrogens with one attached hydrogen (secondary N) is 2. The van der Waals surface area contributed by atoms with E-state index in [1.807, 2.05) is 4.90 Å². The zero-order valence-electron chi connectivity index (χ0n) is 17.2. The van der Waals surface area contributed by atoms with Crippen molar-refractivity contribution in [3.05, 3.63) is 30.1 Å². The van der Waals surface area contributed by atoms with Gasteiger partial charge in [0.1, 0.15) is 11.4 Å². The number of anilines is 1. The molecule has 30 heavy (non-hydrogen) atoms. The molecule has 162 valence electrons. The third-order valence-corrected chi connectivity index (χ3v) is 6.46. The highest BCUT2D eigenvalue weighted by Crippen LogP contribution is 2.35. The van der Waals surface area contributed by atoms with E-state index in [0.717, 1.165) is 23.5 Å². The van der Waals surface area contributed by atoms with Crippen molar-refractivity contribution in [2.45, 2.75) is 38.1 Å². The molecule has 2 saturated heterocycles. The summed E-state index contributed by atoms with van der Waals surface area (Å²) in [6.07, 6.45) is 2.98. The predicted octanol–water partition coefficient (Wildman–Crippen LogP) is 1.48. The summed E-state index contributed by atoms with van der Waals surface area (Å²) in [6.45, 7) is 4.99. The van der Waals surface area contributed by atoms with Crippen molar-refractivity contribution in [3.63, 3.8) is 0 Å². The number of hydrogen-bond acceptors (Lipinski definition) is 5. The average molecular weight is 417 g/mol. The second kappa shape index (κ2) is 8.22. The van der Waals surface area contributed by atoms with Gasteiger partial charge in [0, 0.05) is 31.9 Å². The number of carbonyl (C=O) groups is 3. The molecule has 2 N–H and O–H groups in total. The van der Waals surface area contributed by atoms with Crippen molar-refractivity contribution in [2.24, 2.45) is 5.92 Å². The minimum atomic E-state index is -0.863. The lowest BCUT2D eigenvalue weighted by Gasteiger charge is -2.36. The number of imide groups is 1. The van der Waals surface area contributed by atoms with Gasteiger partial charge in [-0.3, -0.25) is 19.9 Å². The van der Waals surface area contributed by atoms with Gasteiger partial charge in [0.05, 0.1) is 6.54 Å². The molecule has 1 aromatic rings. The molecule has 9 heteroatoms. The number of rotatable bonds is 4. The summed E-state index contributed by atoms with van der Waals surface area (Å²) in [5.41, 5.74) is 2.58. The lowest BCUT2D eigenvalue weighted by atomic mass is 9.77. The molecule has 2 heterocycles. The summed E-state index contributed by atoms with van der Waals surface area (Å²) < 4.78 is 13.1. The molecule has 4 rings (SSSR count). The Kier molecular flexibility index (Phi) is 5.64. The van der Waals surface area contributed by atoms with Crippen LogP contribution < -0.4 is 15.6 Å². The van der Waals surface area contributed by atoms with Gasteiger partial charge < -0.3 is 10.2 Å². The van der Waals surface area contributed by atoms with Gasteiger partial charge in [-0.1, -0.05) is 6.92 Å². The largest absolute Gasteiger partial charge is 0.369 e. The Hall–Kier alpha value is -2.68. The fourth-order valence-electron chi connectivity index (χ4n) is 4.49. The minimum absolute atomic E-state index is 0.109. The highest BCUT2D eigenvalue weighted by atomic mass is 19.1. The van der Waals surface area contributed by atoms with Crippen LogP contribution >= 0.6 is 0 Å². The highest BCUT2D eigenvalue weighted by Gasteiger charge is 2.52. The maximum Gasteiger partial charge on any atom is 0.344 e. The molecule has 0 atom stereocenters. The number of halogens is 1. The number of amides is 4. The van der Waals surface area contributed by atoms with Gasteiger partial charge in [-0.15, -0.1) is 0 Å². The number of urea groups is 1. The van der Waals surface area contributed by atoms with Gasteiger partial charge in [-0.2, -0.15) is 5.01 Å². The van der Waals surface area contributed by atoms with Crippen molar-refractivity contribution >= 4 is 23.5 Å². The van der Waals surface area contributed by atoms with Gasteiger partial charge in [0.15, 0.2) is 0 Å². The van der Waals surface area contributed by atoms with Gasteiger partial charge in [0.25, 0.3) is 11.8 Å². The molecule has 2 aliphatic heterocycles. The minimum Gasteiger partial charge on any atom is -0.369 e. The van der Waals surface area contributed by atoms with Crippen LogP contribution in [-0.4, -0.2) is 66.0 Å². The van der Waals surface area contributed by atoms with E-state index < -0.39 is 11.6 Å². The second-order valence-corrected chi connectivity index (χ2v) is 8.61. The van der Waals surface area contributed by atoms with Crippen molar-refractivity contribution < 1.29 is 18.8 Å². The summed E-state index contributed by atoms with van der Waals surface area (Å²) in [4.78, 5) is 41.8. The Labute approximate surface area is 175 Å². The zero-order valence-corrected chi connectivity index (χ0v) is 17.2. The van der Waals surface area contributed by atoms with Gasteiger partial charge in [-0.25, -0.2) is 9.18 Å². The normalized spacial score (nSPS) is 27.5. The molecule has 1 aliphatic carbocycles. The lowest BCUT2D eigenvalue weighted by Crippen LogP contribution is -2.54. The van der Waals surface area contributed by atoms with Crippen molar-refractivity contribution in [1.29, 1.82) is 0 Å². The van der Waals surface area contributed by atoms with Crippen LogP contribution in [0.3, 0.4) is 0 Å². The number of carbonyl (C=O) groups excluding carboxylic acids is 3. The molecule has 1 saturated carbocycles. The zero-order chi connectivity index (χ0) is 21.3. The average Bonchev–Trinajstić information content (AvgIpc) is 2.96. The highest BCUT2D eigenvalue weighted by molar-refractivity contribution is 6.08. The summed E-state index contributed by atoms with van der Waals surface area (Å²) in [5, 5.41) is 3.66. The monoisotopic (exact) mass is 417 g/mol. The number of hydrazine groups is 1. The molecular weight excluding hydrogens is 389 g/mol. The van der Waals surface area contributed by atoms with E-state index in [2.05, 4.69) is 22.6 Å². The first-order valence-electron chi connectivity index (χ1n) is 10.6. The predicted molar refractivity (Wildman–Crippen MR) is 109 cm³/mol. The third-order valence-electron chi connectivity index (χ3n) is 6.46. The Balaban J connectivity index is 1.27. The molecule has 0 aromatic heterocycles. The van der Waals surface area contributed by atoms with Crippen LogP contribution in [0.2, 0.25) is 0 Å². The Morgan fingerprint density at radius 2 is 1.77 bits per heavy atom. The van der Waals surface area contributed by atoms with E-state index in [0.29, 0.717) is 44.9 Å². The molecule has 0 unspecified atom stereocenters. The molecule has 1 spiro atoms. The number of nitrogens with zero attached hydrogens (tertiary/aromatic N) is 3. The summed E-state index contributed by atoms with van der Waals surface area (Å²) >= 11 is 0. The van der Waals surface area contributed by atoms with E-state index >= 15 is 0 Å². The first-order chi connectivity index (χ1) is 14.4. The van der Waals surface area contributed by atoms with Crippen molar-refractivity contribution in [1.82, 2.24) is 20.7 Å². The Bertz CT molecular complexity index is 814. The molecule has 1 aromatic carbocycles. The van der Waals surface area contributed by atoms with Crippen LogP contribution in [0.4, 0.5) is 14.9 Å². The molecule has 0 radical (unpaired) electrons. The van der Waals surface area contributed by atoms with Crippen molar-refractivity contribution in [2.75, 3.05) is 37.6 Å². The van der Waals surface area contributed by atoms with Gasteiger partial charge in [-0.05, 0) is 55.9 Å². The second-order valence-electron chi connectivity index (χ2n) is 8.61. The molecule has 3 aliphatic rings. The van der Waals surface area contributed by atoms with Crippen LogP contribution in [0, 0.1) is 11.7 Å². The Morgan fingerprint density at radius 1 is 1.13 bits per heavy atom. The first kappa shape index (κ1) is 20.6. The first-order valence-corrected chi connectivity index (χ1v) is 10.6. The molecule has 4 amide bonds. The van der Waals surface area contributed by atoms with Crippen LogP contribution in [0.1, 0.15) is 32.6 Å². The smallest absolute Gasteiger partial charge is 0.344 e. The summed E-state index contributed by atoms with van der Waals surface area (Å²) in [7, 11) is 0. The molecule has 8 nitrogen and oxygen atoms in total. The third kappa shape index (κ3) is 4.12. The van der Waals surface area contributed by atoms with Crippen LogP contribution in [-0.2, 0) is 9.59 Å². The van der Waals surface area contributed by atoms with Crippen LogP contribution in [0.15, 0.2) is 24.3 Å². The number of benzene rings is 1. The van der Waals surface area contributed by atoms with E-state index in [9.17, 15) is 18.8 Å². The number of piperazine rings is 1. The quantitative estimate of drug-likeness (QED) is 0.725. The maximum atomic E-state index is 13.1. The fraction of sp³-hybridized carbons (Fsp3) is 0.571. The SMILES string of the molecule is CC1CCC2(CC1)NC(=O)N(NC(=O)CN1CCN(c3ccc(F)cc3)CC1)C2=O. The van der Waals surface area contributed by atoms with Crippen LogP contribution in [0.5, 0.6) is 0 Å². The van der Waals surface area contributed by atoms with E-state index in [-0.39, 0.29) is 24.2 Å². The van der Waals surface area contributed by atoms with E-state index in [1.165, 1.54) is 12.1 Å². The maximum absolute atomic E-state index is 13.1. The van der Waals surface area contributed by atoms with E-state index in [4.69, 9.17) is 0 Å². The van der Waals surface area contributed by atoms with Crippen molar-refractivity contribution in [3.8, 4) is 0 Å². The summed E-state index contributed by atoms with van der Waals surface area (Å²) in [5.74, 6) is -0.458. The standard InChI is InChI=1S/C21H28FN5O3/c1-15-6-8-21(9-7-15)19(29)27(20(30)23-21)24-18(28)14-25-10-12-26(13-11-25)17-4-2-16(22)3-5-17/h2-5,15H,6-14H2,1H3,(H,23,30)(H,24,28). The molecular formula is C21H28FN5O3. The van der Waals surface area contributed by atoms with E-state index in [1.54, 1.807) is 12.1 Å². The molecule has 3 fully saturated rings. The topological polar surface area (TPSA) is 85.0 Å². The van der Waals surface area contributed by atoms with Crippen LogP contribution in [0.25, 0.3) is 0 Å². The number of hydrogen-bond donors (Lipinski definition) is 2.